The van der Waals surface area contributed by atoms with E-state index in [1.165, 1.54) is 53.2 Å². The van der Waals surface area contributed by atoms with Crippen LogP contribution in [0.2, 0.25) is 0 Å². The van der Waals surface area contributed by atoms with Gasteiger partial charge in [0.2, 0.25) is 0 Å². The minimum absolute atomic E-state index is 0.895. The van der Waals surface area contributed by atoms with Crippen molar-refractivity contribution in [1.82, 2.24) is 0 Å². The maximum absolute atomic E-state index is 6.22. The smallest absolute Gasteiger partial charge is 0.135 e. The fourth-order valence-corrected chi connectivity index (χ4v) is 8.45. The molecule has 0 aliphatic heterocycles. The SMILES string of the molecule is c1cc(-c2ccc(N(c3ccc4oc5ccccc5c4c3)c3cccc4c3sc3ccccc34)cc2)cc(-c2ccc3ccccc3c2)c1. The van der Waals surface area contributed by atoms with E-state index in [2.05, 4.69) is 169 Å². The molecule has 2 heterocycles. The molecule has 3 heteroatoms. The minimum Gasteiger partial charge on any atom is -0.456 e. The molecular formula is C46H29NOS. The highest BCUT2D eigenvalue weighted by molar-refractivity contribution is 7.26. The highest BCUT2D eigenvalue weighted by atomic mass is 32.1. The van der Waals surface area contributed by atoms with Crippen LogP contribution in [0.5, 0.6) is 0 Å². The third-order valence-corrected chi connectivity index (χ3v) is 10.9. The molecule has 2 nitrogen and oxygen atoms in total. The van der Waals surface area contributed by atoms with Crippen LogP contribution in [0.3, 0.4) is 0 Å². The first-order chi connectivity index (χ1) is 24.3. The van der Waals surface area contributed by atoms with Crippen molar-refractivity contribution in [3.63, 3.8) is 0 Å². The van der Waals surface area contributed by atoms with Crippen LogP contribution in [-0.4, -0.2) is 0 Å². The summed E-state index contributed by atoms with van der Waals surface area (Å²) in [7, 11) is 0. The van der Waals surface area contributed by atoms with E-state index in [0.717, 1.165) is 39.0 Å². The Labute approximate surface area is 287 Å². The largest absolute Gasteiger partial charge is 0.456 e. The van der Waals surface area contributed by atoms with Crippen LogP contribution in [0.1, 0.15) is 0 Å². The van der Waals surface area contributed by atoms with Crippen LogP contribution in [0, 0.1) is 0 Å². The van der Waals surface area contributed by atoms with Gasteiger partial charge in [-0.05, 0) is 93.7 Å². The molecule has 0 amide bonds. The number of rotatable bonds is 5. The van der Waals surface area contributed by atoms with Gasteiger partial charge in [-0.1, -0.05) is 115 Å². The normalized spacial score (nSPS) is 11.7. The van der Waals surface area contributed by atoms with Gasteiger partial charge in [0, 0.05) is 37.6 Å². The van der Waals surface area contributed by atoms with Gasteiger partial charge in [-0.25, -0.2) is 0 Å². The maximum Gasteiger partial charge on any atom is 0.135 e. The minimum atomic E-state index is 0.895. The van der Waals surface area contributed by atoms with Crippen molar-refractivity contribution in [2.45, 2.75) is 0 Å². The molecule has 0 radical (unpaired) electrons. The number of thiophene rings is 1. The number of hydrogen-bond donors (Lipinski definition) is 0. The zero-order chi connectivity index (χ0) is 32.3. The molecule has 0 unspecified atom stereocenters. The average Bonchev–Trinajstić information content (AvgIpc) is 3.74. The number of benzene rings is 8. The van der Waals surface area contributed by atoms with Gasteiger partial charge in [-0.15, -0.1) is 11.3 Å². The monoisotopic (exact) mass is 643 g/mol. The van der Waals surface area contributed by atoms with Crippen molar-refractivity contribution >= 4 is 81.3 Å². The average molecular weight is 644 g/mol. The van der Waals surface area contributed by atoms with Crippen LogP contribution in [0.4, 0.5) is 17.1 Å². The molecule has 230 valence electrons. The molecule has 0 spiro atoms. The molecule has 49 heavy (non-hydrogen) atoms. The van der Waals surface area contributed by atoms with Crippen LogP contribution < -0.4 is 4.90 Å². The zero-order valence-electron chi connectivity index (χ0n) is 26.5. The Morgan fingerprint density at radius 2 is 1.04 bits per heavy atom. The summed E-state index contributed by atoms with van der Waals surface area (Å²) in [5.41, 5.74) is 9.98. The van der Waals surface area contributed by atoms with E-state index >= 15 is 0 Å². The topological polar surface area (TPSA) is 16.4 Å². The lowest BCUT2D eigenvalue weighted by molar-refractivity contribution is 0.669. The van der Waals surface area contributed by atoms with Crippen molar-refractivity contribution in [3.05, 3.63) is 176 Å². The molecule has 0 aliphatic rings. The van der Waals surface area contributed by atoms with Gasteiger partial charge in [-0.2, -0.15) is 0 Å². The van der Waals surface area contributed by atoms with Crippen molar-refractivity contribution in [2.24, 2.45) is 0 Å². The number of hydrogen-bond acceptors (Lipinski definition) is 3. The molecule has 0 saturated heterocycles. The van der Waals surface area contributed by atoms with E-state index < -0.39 is 0 Å². The Morgan fingerprint density at radius 1 is 0.388 bits per heavy atom. The van der Waals surface area contributed by atoms with E-state index in [0.29, 0.717) is 0 Å². The van der Waals surface area contributed by atoms with Gasteiger partial charge in [-0.3, -0.25) is 0 Å². The third kappa shape index (κ3) is 4.70. The van der Waals surface area contributed by atoms with E-state index in [1.54, 1.807) is 0 Å². The van der Waals surface area contributed by atoms with Gasteiger partial charge in [0.05, 0.1) is 10.4 Å². The molecule has 0 atom stereocenters. The van der Waals surface area contributed by atoms with E-state index in [9.17, 15) is 0 Å². The van der Waals surface area contributed by atoms with E-state index in [-0.39, 0.29) is 0 Å². The van der Waals surface area contributed by atoms with Crippen molar-refractivity contribution < 1.29 is 4.42 Å². The predicted molar refractivity (Wildman–Crippen MR) is 210 cm³/mol. The van der Waals surface area contributed by atoms with Crippen molar-refractivity contribution in [2.75, 3.05) is 4.90 Å². The summed E-state index contributed by atoms with van der Waals surface area (Å²) in [5, 5.41) is 7.33. The van der Waals surface area contributed by atoms with Crippen LogP contribution in [0.15, 0.2) is 180 Å². The summed E-state index contributed by atoms with van der Waals surface area (Å²) in [6.07, 6.45) is 0. The number of furan rings is 1. The second-order valence-corrected chi connectivity index (χ2v) is 13.6. The first kappa shape index (κ1) is 27.9. The molecule has 10 aromatic rings. The number of nitrogens with zero attached hydrogens (tertiary/aromatic N) is 1. The Morgan fingerprint density at radius 3 is 1.94 bits per heavy atom. The molecule has 8 aromatic carbocycles. The standard InChI is InChI=1S/C46H29NOS/c1-2-10-32-28-35(20-19-30(32)9-1)34-12-7-11-33(27-34)31-21-23-36(24-22-31)47(37-25-26-44-41(29-37)38-13-3-5-17-43(38)48-44)42-16-8-15-40-39-14-4-6-18-45(39)49-46(40)42/h1-29H. The Bertz CT molecular complexity index is 2840. The lowest BCUT2D eigenvalue weighted by Gasteiger charge is -2.26. The highest BCUT2D eigenvalue weighted by Gasteiger charge is 2.19. The van der Waals surface area contributed by atoms with E-state index in [4.69, 9.17) is 4.42 Å². The van der Waals surface area contributed by atoms with E-state index in [1.807, 2.05) is 23.5 Å². The summed E-state index contributed by atoms with van der Waals surface area (Å²) in [6, 6.07) is 63.3. The predicted octanol–water partition coefficient (Wildman–Crippen LogP) is 13.9. The first-order valence-corrected chi connectivity index (χ1v) is 17.4. The summed E-state index contributed by atoms with van der Waals surface area (Å²) in [6.45, 7) is 0. The number of fused-ring (bicyclic) bond motifs is 7. The second-order valence-electron chi connectivity index (χ2n) is 12.6. The quantitative estimate of drug-likeness (QED) is 0.186. The van der Waals surface area contributed by atoms with Crippen LogP contribution >= 0.6 is 11.3 Å². The molecule has 0 N–H and O–H groups in total. The zero-order valence-corrected chi connectivity index (χ0v) is 27.3. The van der Waals surface area contributed by atoms with Gasteiger partial charge in [0.1, 0.15) is 11.2 Å². The van der Waals surface area contributed by atoms with Crippen molar-refractivity contribution in [3.8, 4) is 22.3 Å². The van der Waals surface area contributed by atoms with Gasteiger partial charge in [0.15, 0.2) is 0 Å². The van der Waals surface area contributed by atoms with Gasteiger partial charge in [0.25, 0.3) is 0 Å². The fraction of sp³-hybridized carbons (Fsp3) is 0. The number of anilines is 3. The Balaban J connectivity index is 1.11. The Hall–Kier alpha value is -6.16. The first-order valence-electron chi connectivity index (χ1n) is 16.6. The molecular weight excluding hydrogens is 615 g/mol. The number of para-hydroxylation sites is 1. The molecule has 0 aliphatic carbocycles. The second kappa shape index (κ2) is 11.2. The third-order valence-electron chi connectivity index (χ3n) is 9.65. The molecule has 10 rings (SSSR count). The molecule has 0 bridgehead atoms. The van der Waals surface area contributed by atoms with Crippen LogP contribution in [0.25, 0.3) is 75.1 Å². The lowest BCUT2D eigenvalue weighted by Crippen LogP contribution is -2.10. The maximum atomic E-state index is 6.22. The summed E-state index contributed by atoms with van der Waals surface area (Å²) < 4.78 is 8.79. The molecule has 0 fully saturated rings. The summed E-state index contributed by atoms with van der Waals surface area (Å²) in [4.78, 5) is 2.40. The molecule has 0 saturated carbocycles. The summed E-state index contributed by atoms with van der Waals surface area (Å²) >= 11 is 1.85. The summed E-state index contributed by atoms with van der Waals surface area (Å²) in [5.74, 6) is 0. The lowest BCUT2D eigenvalue weighted by atomic mass is 9.97. The highest BCUT2D eigenvalue weighted by Crippen LogP contribution is 2.46. The van der Waals surface area contributed by atoms with Crippen LogP contribution in [-0.2, 0) is 0 Å². The van der Waals surface area contributed by atoms with Gasteiger partial charge < -0.3 is 9.32 Å². The van der Waals surface area contributed by atoms with Crippen molar-refractivity contribution in [1.29, 1.82) is 0 Å². The Kier molecular flexibility index (Phi) is 6.39. The molecule has 2 aromatic heterocycles. The van der Waals surface area contributed by atoms with Gasteiger partial charge >= 0.3 is 0 Å². The fourth-order valence-electron chi connectivity index (χ4n) is 7.24.